The van der Waals surface area contributed by atoms with Gasteiger partial charge >= 0.3 is 0 Å². The fourth-order valence-corrected chi connectivity index (χ4v) is 1.51. The van der Waals surface area contributed by atoms with Gasteiger partial charge in [-0.1, -0.05) is 19.0 Å². The van der Waals surface area contributed by atoms with E-state index in [0.29, 0.717) is 18.2 Å². The summed E-state index contributed by atoms with van der Waals surface area (Å²) in [7, 11) is 0. The largest absolute Gasteiger partial charge is 0.351 e. The zero-order chi connectivity index (χ0) is 12.1. The zero-order valence-corrected chi connectivity index (χ0v) is 9.99. The van der Waals surface area contributed by atoms with Crippen LogP contribution in [0.5, 0.6) is 0 Å². The first-order valence-corrected chi connectivity index (χ1v) is 5.47. The van der Waals surface area contributed by atoms with Crippen molar-refractivity contribution in [1.82, 2.24) is 10.5 Å². The summed E-state index contributed by atoms with van der Waals surface area (Å²) in [6.07, 6.45) is 0.857. The molecule has 0 aliphatic carbocycles. The molecule has 3 N–H and O–H groups in total. The molecule has 5 nitrogen and oxygen atoms in total. The fraction of sp³-hybridized carbons (Fsp3) is 0.636. The van der Waals surface area contributed by atoms with Crippen molar-refractivity contribution < 1.29 is 9.32 Å². The van der Waals surface area contributed by atoms with Gasteiger partial charge in [-0.25, -0.2) is 0 Å². The van der Waals surface area contributed by atoms with Gasteiger partial charge < -0.3 is 15.6 Å². The normalized spacial score (nSPS) is 12.8. The molecule has 1 heterocycles. The van der Waals surface area contributed by atoms with Crippen molar-refractivity contribution in [2.24, 2.45) is 11.7 Å². The molecule has 0 saturated carbocycles. The molecule has 0 fully saturated rings. The number of carbonyl (C=O) groups is 1. The molecule has 1 aromatic rings. The van der Waals surface area contributed by atoms with Gasteiger partial charge in [0.2, 0.25) is 5.76 Å². The van der Waals surface area contributed by atoms with E-state index >= 15 is 0 Å². The summed E-state index contributed by atoms with van der Waals surface area (Å²) >= 11 is 0. The molecular weight excluding hydrogens is 206 g/mol. The van der Waals surface area contributed by atoms with E-state index < -0.39 is 0 Å². The van der Waals surface area contributed by atoms with Gasteiger partial charge in [-0.2, -0.15) is 0 Å². The number of amides is 1. The first kappa shape index (κ1) is 12.7. The maximum atomic E-state index is 11.7. The van der Waals surface area contributed by atoms with Gasteiger partial charge in [0.05, 0.1) is 5.69 Å². The van der Waals surface area contributed by atoms with Gasteiger partial charge in [0, 0.05) is 18.7 Å². The Kier molecular flexibility index (Phi) is 4.49. The highest BCUT2D eigenvalue weighted by Crippen LogP contribution is 2.06. The Labute approximate surface area is 95.4 Å². The van der Waals surface area contributed by atoms with E-state index in [9.17, 15) is 4.79 Å². The van der Waals surface area contributed by atoms with Crippen LogP contribution in [0.4, 0.5) is 0 Å². The molecule has 1 unspecified atom stereocenters. The van der Waals surface area contributed by atoms with Crippen molar-refractivity contribution in [3.8, 4) is 0 Å². The van der Waals surface area contributed by atoms with Crippen LogP contribution in [0.15, 0.2) is 10.6 Å². The Morgan fingerprint density at radius 2 is 2.31 bits per heavy atom. The summed E-state index contributed by atoms with van der Waals surface area (Å²) < 4.78 is 4.87. The highest BCUT2D eigenvalue weighted by atomic mass is 16.5. The Morgan fingerprint density at radius 3 is 2.75 bits per heavy atom. The lowest BCUT2D eigenvalue weighted by atomic mass is 10.0. The third-order valence-corrected chi connectivity index (χ3v) is 2.23. The summed E-state index contributed by atoms with van der Waals surface area (Å²) in [5.74, 6) is 0.474. The molecule has 5 heteroatoms. The summed E-state index contributed by atoms with van der Waals surface area (Å²) in [5.41, 5.74) is 6.28. The second-order valence-corrected chi connectivity index (χ2v) is 4.37. The van der Waals surface area contributed by atoms with Crippen LogP contribution < -0.4 is 11.1 Å². The average molecular weight is 225 g/mol. The number of nitrogens with zero attached hydrogens (tertiary/aromatic N) is 1. The Morgan fingerprint density at radius 1 is 1.62 bits per heavy atom. The van der Waals surface area contributed by atoms with Crippen molar-refractivity contribution in [2.45, 2.75) is 33.2 Å². The van der Waals surface area contributed by atoms with Crippen LogP contribution in [0.2, 0.25) is 0 Å². The Balaban J connectivity index is 2.55. The van der Waals surface area contributed by atoms with E-state index in [2.05, 4.69) is 24.3 Å². The smallest absolute Gasteiger partial charge is 0.290 e. The monoisotopic (exact) mass is 225 g/mol. The first-order valence-electron chi connectivity index (χ1n) is 5.47. The van der Waals surface area contributed by atoms with E-state index in [1.165, 1.54) is 0 Å². The molecule has 1 amide bonds. The number of hydrogen-bond acceptors (Lipinski definition) is 4. The van der Waals surface area contributed by atoms with Crippen LogP contribution in [-0.4, -0.2) is 23.7 Å². The fourth-order valence-electron chi connectivity index (χ4n) is 1.51. The molecule has 0 aliphatic heterocycles. The lowest BCUT2D eigenvalue weighted by Gasteiger charge is -2.17. The first-order chi connectivity index (χ1) is 7.52. The van der Waals surface area contributed by atoms with Gasteiger partial charge in [-0.05, 0) is 19.3 Å². The Bertz CT molecular complexity index is 347. The van der Waals surface area contributed by atoms with E-state index in [1.54, 1.807) is 13.0 Å². The second-order valence-electron chi connectivity index (χ2n) is 4.37. The minimum atomic E-state index is -0.253. The molecule has 16 heavy (non-hydrogen) atoms. The van der Waals surface area contributed by atoms with Gasteiger partial charge in [0.15, 0.2) is 0 Å². The van der Waals surface area contributed by atoms with Crippen molar-refractivity contribution >= 4 is 5.91 Å². The number of carbonyl (C=O) groups excluding carboxylic acids is 1. The minimum absolute atomic E-state index is 0.0158. The molecule has 1 atom stereocenters. The standard InChI is InChI=1S/C11H19N3O2/c1-7(2)4-9(6-12)13-11(15)10-5-8(3)14-16-10/h5,7,9H,4,6,12H2,1-3H3,(H,13,15). The SMILES string of the molecule is Cc1cc(C(=O)NC(CN)CC(C)C)on1. The van der Waals surface area contributed by atoms with Crippen molar-refractivity contribution in [3.63, 3.8) is 0 Å². The van der Waals surface area contributed by atoms with Crippen LogP contribution in [0.1, 0.15) is 36.5 Å². The Hall–Kier alpha value is -1.36. The van der Waals surface area contributed by atoms with E-state index in [4.69, 9.17) is 10.3 Å². The van der Waals surface area contributed by atoms with Gasteiger partial charge in [-0.3, -0.25) is 4.79 Å². The molecule has 0 radical (unpaired) electrons. The molecule has 1 aromatic heterocycles. The van der Waals surface area contributed by atoms with Crippen LogP contribution >= 0.6 is 0 Å². The molecule has 0 saturated heterocycles. The van der Waals surface area contributed by atoms with Crippen LogP contribution in [-0.2, 0) is 0 Å². The molecule has 0 bridgehead atoms. The highest BCUT2D eigenvalue weighted by Gasteiger charge is 2.16. The van der Waals surface area contributed by atoms with Gasteiger partial charge in [0.1, 0.15) is 0 Å². The number of aromatic nitrogens is 1. The van der Waals surface area contributed by atoms with E-state index in [-0.39, 0.29) is 17.7 Å². The van der Waals surface area contributed by atoms with Gasteiger partial charge in [-0.15, -0.1) is 0 Å². The maximum absolute atomic E-state index is 11.7. The average Bonchev–Trinajstić information content (AvgIpc) is 2.63. The molecule has 1 rings (SSSR count). The molecule has 0 aromatic carbocycles. The van der Waals surface area contributed by atoms with Crippen molar-refractivity contribution in [1.29, 1.82) is 0 Å². The second kappa shape index (κ2) is 5.65. The van der Waals surface area contributed by atoms with Gasteiger partial charge in [0.25, 0.3) is 5.91 Å². The lowest BCUT2D eigenvalue weighted by Crippen LogP contribution is -2.40. The minimum Gasteiger partial charge on any atom is -0.351 e. The third-order valence-electron chi connectivity index (χ3n) is 2.23. The molecular formula is C11H19N3O2. The predicted octanol–water partition coefficient (Wildman–Crippen LogP) is 1.09. The summed E-state index contributed by atoms with van der Waals surface area (Å²) in [6.45, 7) is 6.38. The number of aryl methyl sites for hydroxylation is 1. The number of hydrogen-bond donors (Lipinski definition) is 2. The van der Waals surface area contributed by atoms with Crippen LogP contribution in [0, 0.1) is 12.8 Å². The molecule has 0 spiro atoms. The van der Waals surface area contributed by atoms with Crippen LogP contribution in [0.3, 0.4) is 0 Å². The molecule has 0 aliphatic rings. The topological polar surface area (TPSA) is 81.2 Å². The summed E-state index contributed by atoms with van der Waals surface area (Å²) in [6, 6.07) is 1.59. The van der Waals surface area contributed by atoms with Crippen molar-refractivity contribution in [3.05, 3.63) is 17.5 Å². The molecule has 90 valence electrons. The number of rotatable bonds is 5. The van der Waals surface area contributed by atoms with Crippen LogP contribution in [0.25, 0.3) is 0 Å². The van der Waals surface area contributed by atoms with E-state index in [0.717, 1.165) is 6.42 Å². The number of nitrogens with two attached hydrogens (primary N) is 1. The van der Waals surface area contributed by atoms with Crippen molar-refractivity contribution in [2.75, 3.05) is 6.54 Å². The zero-order valence-electron chi connectivity index (χ0n) is 9.99. The number of nitrogens with one attached hydrogen (secondary N) is 1. The third kappa shape index (κ3) is 3.66. The van der Waals surface area contributed by atoms with E-state index in [1.807, 2.05) is 0 Å². The summed E-state index contributed by atoms with van der Waals surface area (Å²) in [5, 5.41) is 6.49. The highest BCUT2D eigenvalue weighted by molar-refractivity contribution is 5.91. The quantitative estimate of drug-likeness (QED) is 0.785. The lowest BCUT2D eigenvalue weighted by molar-refractivity contribution is 0.0896. The summed E-state index contributed by atoms with van der Waals surface area (Å²) in [4.78, 5) is 11.7. The predicted molar refractivity (Wildman–Crippen MR) is 61.0 cm³/mol. The maximum Gasteiger partial charge on any atom is 0.290 e.